The van der Waals surface area contributed by atoms with E-state index in [1.54, 1.807) is 4.68 Å². The van der Waals surface area contributed by atoms with Crippen LogP contribution in [0.1, 0.15) is 36.8 Å². The monoisotopic (exact) mass is 360 g/mol. The van der Waals surface area contributed by atoms with Crippen molar-refractivity contribution in [3.8, 4) is 22.8 Å². The molecule has 0 radical (unpaired) electrons. The number of rotatable bonds is 4. The van der Waals surface area contributed by atoms with Crippen LogP contribution in [0.2, 0.25) is 0 Å². The SMILES string of the molecule is Cc1cccc(-n2nc(-c3ccccc3)cc2OC(=O)C2CCCC2)c1C. The van der Waals surface area contributed by atoms with E-state index in [9.17, 15) is 4.79 Å². The molecule has 0 bridgehead atoms. The van der Waals surface area contributed by atoms with Crippen molar-refractivity contribution in [2.75, 3.05) is 0 Å². The lowest BCUT2D eigenvalue weighted by Crippen LogP contribution is -2.19. The maximum atomic E-state index is 12.6. The van der Waals surface area contributed by atoms with Gasteiger partial charge in [0.05, 0.1) is 17.3 Å². The predicted molar refractivity (Wildman–Crippen MR) is 106 cm³/mol. The minimum atomic E-state index is -0.140. The first-order valence-corrected chi connectivity index (χ1v) is 9.57. The first-order chi connectivity index (χ1) is 13.1. The highest BCUT2D eigenvalue weighted by molar-refractivity contribution is 5.76. The zero-order valence-corrected chi connectivity index (χ0v) is 15.8. The molecule has 4 heteroatoms. The largest absolute Gasteiger partial charge is 0.407 e. The van der Waals surface area contributed by atoms with Crippen molar-refractivity contribution >= 4 is 5.97 Å². The standard InChI is InChI=1S/C23H24N2O2/c1-16-9-8-14-21(17(16)2)25-22(27-23(26)19-12-6-7-13-19)15-20(24-25)18-10-4-3-5-11-18/h3-5,8-11,14-15,19H,6-7,12-13H2,1-2H3. The number of carbonyl (C=O) groups excluding carboxylic acids is 1. The van der Waals surface area contributed by atoms with Crippen molar-refractivity contribution in [3.63, 3.8) is 0 Å². The molecule has 1 aliphatic carbocycles. The Kier molecular flexibility index (Phi) is 4.80. The third kappa shape index (κ3) is 3.52. The summed E-state index contributed by atoms with van der Waals surface area (Å²) < 4.78 is 7.60. The summed E-state index contributed by atoms with van der Waals surface area (Å²) >= 11 is 0. The summed E-state index contributed by atoms with van der Waals surface area (Å²) in [6.45, 7) is 4.14. The molecule has 138 valence electrons. The highest BCUT2D eigenvalue weighted by Crippen LogP contribution is 2.31. The maximum absolute atomic E-state index is 12.6. The van der Waals surface area contributed by atoms with Gasteiger partial charge in [0.25, 0.3) is 0 Å². The average molecular weight is 360 g/mol. The fourth-order valence-corrected chi connectivity index (χ4v) is 3.67. The van der Waals surface area contributed by atoms with Gasteiger partial charge in [0.1, 0.15) is 0 Å². The minimum Gasteiger partial charge on any atom is -0.407 e. The zero-order chi connectivity index (χ0) is 18.8. The lowest BCUT2D eigenvalue weighted by atomic mass is 10.1. The molecule has 0 unspecified atom stereocenters. The second-order valence-corrected chi connectivity index (χ2v) is 7.27. The van der Waals surface area contributed by atoms with Crippen LogP contribution in [-0.2, 0) is 4.79 Å². The fourth-order valence-electron chi connectivity index (χ4n) is 3.67. The van der Waals surface area contributed by atoms with Crippen LogP contribution in [0.25, 0.3) is 16.9 Å². The Morgan fingerprint density at radius 1 is 1.04 bits per heavy atom. The molecular formula is C23H24N2O2. The number of aromatic nitrogens is 2. The van der Waals surface area contributed by atoms with Crippen LogP contribution < -0.4 is 4.74 Å². The molecule has 0 aliphatic heterocycles. The van der Waals surface area contributed by atoms with Gasteiger partial charge >= 0.3 is 5.97 Å². The van der Waals surface area contributed by atoms with Gasteiger partial charge in [-0.25, -0.2) is 0 Å². The molecule has 2 aromatic carbocycles. The van der Waals surface area contributed by atoms with Crippen LogP contribution in [0.5, 0.6) is 5.88 Å². The second kappa shape index (κ2) is 7.39. The third-order valence-corrected chi connectivity index (χ3v) is 5.44. The highest BCUT2D eigenvalue weighted by Gasteiger charge is 2.26. The number of carbonyl (C=O) groups is 1. The molecule has 0 atom stereocenters. The molecule has 27 heavy (non-hydrogen) atoms. The molecule has 1 fully saturated rings. The molecule has 4 rings (SSSR count). The van der Waals surface area contributed by atoms with Gasteiger partial charge in [0.15, 0.2) is 0 Å². The molecule has 0 spiro atoms. The Hall–Kier alpha value is -2.88. The highest BCUT2D eigenvalue weighted by atomic mass is 16.5. The smallest absolute Gasteiger partial charge is 0.315 e. The number of aryl methyl sites for hydroxylation is 1. The Bertz CT molecular complexity index is 954. The quantitative estimate of drug-likeness (QED) is 0.597. The Balaban J connectivity index is 1.76. The lowest BCUT2D eigenvalue weighted by Gasteiger charge is -2.13. The van der Waals surface area contributed by atoms with Gasteiger partial charge in [0, 0.05) is 11.6 Å². The number of nitrogens with zero attached hydrogens (tertiary/aromatic N) is 2. The van der Waals surface area contributed by atoms with Crippen molar-refractivity contribution in [3.05, 3.63) is 65.7 Å². The first-order valence-electron chi connectivity index (χ1n) is 9.57. The van der Waals surface area contributed by atoms with Crippen molar-refractivity contribution in [2.24, 2.45) is 5.92 Å². The Labute approximate surface area is 159 Å². The molecule has 0 saturated heterocycles. The van der Waals surface area contributed by atoms with Crippen LogP contribution in [0, 0.1) is 19.8 Å². The van der Waals surface area contributed by atoms with E-state index in [4.69, 9.17) is 9.84 Å². The summed E-state index contributed by atoms with van der Waals surface area (Å²) in [6, 6.07) is 17.9. The summed E-state index contributed by atoms with van der Waals surface area (Å²) in [7, 11) is 0. The summed E-state index contributed by atoms with van der Waals surface area (Å²) in [6.07, 6.45) is 4.04. The van der Waals surface area contributed by atoms with Gasteiger partial charge in [-0.3, -0.25) is 4.79 Å². The molecule has 4 nitrogen and oxygen atoms in total. The topological polar surface area (TPSA) is 44.1 Å². The van der Waals surface area contributed by atoms with Crippen LogP contribution in [-0.4, -0.2) is 15.7 Å². The number of hydrogen-bond acceptors (Lipinski definition) is 3. The molecular weight excluding hydrogens is 336 g/mol. The summed E-state index contributed by atoms with van der Waals surface area (Å²) in [5.74, 6) is 0.352. The van der Waals surface area contributed by atoms with Gasteiger partial charge in [-0.1, -0.05) is 55.3 Å². The van der Waals surface area contributed by atoms with E-state index in [0.29, 0.717) is 5.88 Å². The Morgan fingerprint density at radius 2 is 1.78 bits per heavy atom. The third-order valence-electron chi connectivity index (χ3n) is 5.44. The van der Waals surface area contributed by atoms with Crippen LogP contribution in [0.3, 0.4) is 0 Å². The number of esters is 1. The molecule has 1 aromatic heterocycles. The van der Waals surface area contributed by atoms with Crippen molar-refractivity contribution in [1.29, 1.82) is 0 Å². The van der Waals surface area contributed by atoms with E-state index in [0.717, 1.165) is 48.2 Å². The van der Waals surface area contributed by atoms with Crippen LogP contribution in [0.15, 0.2) is 54.6 Å². The van der Waals surface area contributed by atoms with E-state index in [1.807, 2.05) is 48.5 Å². The summed E-state index contributed by atoms with van der Waals surface area (Å²) in [4.78, 5) is 12.6. The van der Waals surface area contributed by atoms with Crippen molar-refractivity contribution in [2.45, 2.75) is 39.5 Å². The van der Waals surface area contributed by atoms with Crippen molar-refractivity contribution in [1.82, 2.24) is 9.78 Å². The van der Waals surface area contributed by atoms with Gasteiger partial charge in [-0.15, -0.1) is 0 Å². The summed E-state index contributed by atoms with van der Waals surface area (Å²) in [5, 5.41) is 4.77. The normalized spacial score (nSPS) is 14.4. The fraction of sp³-hybridized carbons (Fsp3) is 0.304. The maximum Gasteiger partial charge on any atom is 0.315 e. The van der Waals surface area contributed by atoms with E-state index in [-0.39, 0.29) is 11.9 Å². The van der Waals surface area contributed by atoms with E-state index < -0.39 is 0 Å². The van der Waals surface area contributed by atoms with Crippen LogP contribution >= 0.6 is 0 Å². The molecule has 1 aliphatic rings. The van der Waals surface area contributed by atoms with Gasteiger partial charge in [-0.05, 0) is 43.9 Å². The molecule has 3 aromatic rings. The Morgan fingerprint density at radius 3 is 2.52 bits per heavy atom. The number of hydrogen-bond donors (Lipinski definition) is 0. The lowest BCUT2D eigenvalue weighted by molar-refractivity contribution is -0.139. The van der Waals surface area contributed by atoms with Gasteiger partial charge in [0.2, 0.25) is 5.88 Å². The van der Waals surface area contributed by atoms with Crippen LogP contribution in [0.4, 0.5) is 0 Å². The minimum absolute atomic E-state index is 0.00660. The number of benzene rings is 2. The zero-order valence-electron chi connectivity index (χ0n) is 15.8. The predicted octanol–water partition coefficient (Wildman–Crippen LogP) is 5.25. The van der Waals surface area contributed by atoms with Gasteiger partial charge < -0.3 is 4.74 Å². The van der Waals surface area contributed by atoms with Gasteiger partial charge in [-0.2, -0.15) is 9.78 Å². The van der Waals surface area contributed by atoms with E-state index in [1.165, 1.54) is 5.56 Å². The molecule has 0 N–H and O–H groups in total. The number of ether oxygens (including phenoxy) is 1. The van der Waals surface area contributed by atoms with E-state index >= 15 is 0 Å². The molecule has 1 heterocycles. The molecule has 0 amide bonds. The second-order valence-electron chi connectivity index (χ2n) is 7.27. The van der Waals surface area contributed by atoms with Crippen molar-refractivity contribution < 1.29 is 9.53 Å². The average Bonchev–Trinajstić information content (AvgIpc) is 3.35. The van der Waals surface area contributed by atoms with E-state index in [2.05, 4.69) is 19.9 Å². The first kappa shape index (κ1) is 17.5. The molecule has 1 saturated carbocycles. The summed E-state index contributed by atoms with van der Waals surface area (Å²) in [5.41, 5.74) is 5.03.